The van der Waals surface area contributed by atoms with Crippen LogP contribution in [-0.4, -0.2) is 29.8 Å². The average molecular weight is 302 g/mol. The van der Waals surface area contributed by atoms with E-state index >= 15 is 0 Å². The zero-order valence-corrected chi connectivity index (χ0v) is 12.8. The number of hydrogen-bond donors (Lipinski definition) is 2. The van der Waals surface area contributed by atoms with E-state index in [9.17, 15) is 9.90 Å². The first-order valence-corrected chi connectivity index (χ1v) is 7.72. The maximum atomic E-state index is 12.0. The molecule has 118 valence electrons. The molecule has 0 saturated heterocycles. The fourth-order valence-corrected chi connectivity index (χ4v) is 2.72. The van der Waals surface area contributed by atoms with Gasteiger partial charge in [0.05, 0.1) is 17.7 Å². The summed E-state index contributed by atoms with van der Waals surface area (Å²) in [5.74, 6) is 0.592. The number of nitrogens with zero attached hydrogens (tertiary/aromatic N) is 1. The van der Waals surface area contributed by atoms with Crippen LogP contribution >= 0.6 is 0 Å². The normalized spacial score (nSPS) is 17.5. The fraction of sp³-hybridized carbons (Fsp3) is 0.529. The lowest BCUT2D eigenvalue weighted by molar-refractivity contribution is -0.127. The van der Waals surface area contributed by atoms with E-state index in [-0.39, 0.29) is 12.5 Å². The lowest BCUT2D eigenvalue weighted by Gasteiger charge is -2.20. The van der Waals surface area contributed by atoms with Gasteiger partial charge >= 0.3 is 0 Å². The first-order chi connectivity index (χ1) is 10.6. The summed E-state index contributed by atoms with van der Waals surface area (Å²) in [5, 5.41) is 21.5. The molecule has 2 atom stereocenters. The summed E-state index contributed by atoms with van der Waals surface area (Å²) in [7, 11) is 0. The highest BCUT2D eigenvalue weighted by Gasteiger charge is 2.24. The van der Waals surface area contributed by atoms with Crippen LogP contribution in [0.3, 0.4) is 0 Å². The minimum atomic E-state index is -0.649. The summed E-state index contributed by atoms with van der Waals surface area (Å²) in [6.07, 6.45) is 3.27. The van der Waals surface area contributed by atoms with Crippen molar-refractivity contribution in [3.8, 4) is 11.8 Å². The molecule has 0 bridgehead atoms. The second-order valence-electron chi connectivity index (χ2n) is 5.75. The molecule has 0 radical (unpaired) electrons. The second kappa shape index (κ2) is 7.81. The van der Waals surface area contributed by atoms with Crippen LogP contribution < -0.4 is 10.1 Å². The third kappa shape index (κ3) is 4.47. The quantitative estimate of drug-likeness (QED) is 0.842. The SMILES string of the molecule is CC(Oc1ccc(C#N)cc1)C(=O)NCC(O)C1CCCC1. The van der Waals surface area contributed by atoms with E-state index in [1.807, 2.05) is 6.07 Å². The number of carbonyl (C=O) groups excluding carboxylic acids is 1. The molecule has 2 N–H and O–H groups in total. The van der Waals surface area contributed by atoms with Gasteiger partial charge in [-0.1, -0.05) is 12.8 Å². The van der Waals surface area contributed by atoms with E-state index in [0.29, 0.717) is 17.2 Å². The Balaban J connectivity index is 1.77. The maximum Gasteiger partial charge on any atom is 0.260 e. The van der Waals surface area contributed by atoms with E-state index in [4.69, 9.17) is 10.00 Å². The molecule has 1 fully saturated rings. The smallest absolute Gasteiger partial charge is 0.260 e. The monoisotopic (exact) mass is 302 g/mol. The first kappa shape index (κ1) is 16.3. The third-order valence-corrected chi connectivity index (χ3v) is 4.09. The lowest BCUT2D eigenvalue weighted by Crippen LogP contribution is -2.41. The van der Waals surface area contributed by atoms with Crippen molar-refractivity contribution in [3.05, 3.63) is 29.8 Å². The molecule has 1 aromatic rings. The summed E-state index contributed by atoms with van der Waals surface area (Å²) in [6.45, 7) is 1.93. The highest BCUT2D eigenvalue weighted by Crippen LogP contribution is 2.27. The summed E-state index contributed by atoms with van der Waals surface area (Å²) < 4.78 is 5.53. The van der Waals surface area contributed by atoms with Gasteiger partial charge in [-0.2, -0.15) is 5.26 Å². The number of rotatable bonds is 6. The van der Waals surface area contributed by atoms with Crippen LogP contribution in [0.15, 0.2) is 24.3 Å². The zero-order valence-electron chi connectivity index (χ0n) is 12.8. The van der Waals surface area contributed by atoms with Crippen molar-refractivity contribution in [1.82, 2.24) is 5.32 Å². The topological polar surface area (TPSA) is 82.3 Å². The number of hydrogen-bond acceptors (Lipinski definition) is 4. The molecular weight excluding hydrogens is 280 g/mol. The van der Waals surface area contributed by atoms with Crippen LogP contribution in [0.25, 0.3) is 0 Å². The number of carbonyl (C=O) groups is 1. The molecule has 0 heterocycles. The molecule has 0 aromatic heterocycles. The third-order valence-electron chi connectivity index (χ3n) is 4.09. The molecule has 1 saturated carbocycles. The molecule has 5 heteroatoms. The number of nitriles is 1. The van der Waals surface area contributed by atoms with Crippen LogP contribution in [-0.2, 0) is 4.79 Å². The Morgan fingerprint density at radius 3 is 2.64 bits per heavy atom. The molecule has 1 amide bonds. The van der Waals surface area contributed by atoms with Gasteiger partial charge in [0.1, 0.15) is 5.75 Å². The van der Waals surface area contributed by atoms with Gasteiger partial charge in [0.25, 0.3) is 5.91 Å². The van der Waals surface area contributed by atoms with Crippen LogP contribution in [0.1, 0.15) is 38.2 Å². The molecule has 5 nitrogen and oxygen atoms in total. The number of nitrogens with one attached hydrogen (secondary N) is 1. The van der Waals surface area contributed by atoms with E-state index in [1.54, 1.807) is 31.2 Å². The Morgan fingerprint density at radius 1 is 1.41 bits per heavy atom. The Kier molecular flexibility index (Phi) is 5.79. The molecule has 1 aromatic carbocycles. The van der Waals surface area contributed by atoms with Crippen molar-refractivity contribution in [2.45, 2.75) is 44.8 Å². The van der Waals surface area contributed by atoms with Crippen molar-refractivity contribution in [2.75, 3.05) is 6.54 Å². The van der Waals surface area contributed by atoms with Gasteiger partial charge in [-0.05, 0) is 49.9 Å². The lowest BCUT2D eigenvalue weighted by atomic mass is 10.0. The number of ether oxygens (including phenoxy) is 1. The fourth-order valence-electron chi connectivity index (χ4n) is 2.72. The second-order valence-corrected chi connectivity index (χ2v) is 5.75. The largest absolute Gasteiger partial charge is 0.481 e. The molecular formula is C17H22N2O3. The van der Waals surface area contributed by atoms with Crippen molar-refractivity contribution in [3.63, 3.8) is 0 Å². The number of aliphatic hydroxyl groups excluding tert-OH is 1. The predicted molar refractivity (Wildman–Crippen MR) is 82.2 cm³/mol. The molecule has 1 aliphatic carbocycles. The van der Waals surface area contributed by atoms with Crippen molar-refractivity contribution in [1.29, 1.82) is 5.26 Å². The molecule has 1 aliphatic rings. The highest BCUT2D eigenvalue weighted by molar-refractivity contribution is 5.80. The van der Waals surface area contributed by atoms with Crippen LogP contribution in [0.5, 0.6) is 5.75 Å². The van der Waals surface area contributed by atoms with Crippen molar-refractivity contribution < 1.29 is 14.6 Å². The van der Waals surface area contributed by atoms with E-state index in [1.165, 1.54) is 0 Å². The Labute approximate surface area is 130 Å². The number of amides is 1. The standard InChI is InChI=1S/C17H22N2O3/c1-12(22-15-8-6-13(10-18)7-9-15)17(21)19-11-16(20)14-4-2-3-5-14/h6-9,12,14,16,20H,2-5,11H2,1H3,(H,19,21). The minimum absolute atomic E-state index is 0.249. The molecule has 22 heavy (non-hydrogen) atoms. The van der Waals surface area contributed by atoms with Gasteiger partial charge in [-0.25, -0.2) is 0 Å². The molecule has 0 spiro atoms. The van der Waals surface area contributed by atoms with E-state index in [2.05, 4.69) is 5.32 Å². The van der Waals surface area contributed by atoms with Crippen molar-refractivity contribution in [2.24, 2.45) is 5.92 Å². The molecule has 0 aliphatic heterocycles. The minimum Gasteiger partial charge on any atom is -0.481 e. The summed E-state index contributed by atoms with van der Waals surface area (Å²) in [4.78, 5) is 12.0. The molecule has 2 rings (SSSR count). The van der Waals surface area contributed by atoms with Crippen LogP contribution in [0.4, 0.5) is 0 Å². The summed E-state index contributed by atoms with van der Waals surface area (Å²) in [5.41, 5.74) is 0.546. The average Bonchev–Trinajstić information content (AvgIpc) is 3.07. The molecule has 2 unspecified atom stereocenters. The van der Waals surface area contributed by atoms with E-state index < -0.39 is 12.2 Å². The summed E-state index contributed by atoms with van der Waals surface area (Å²) in [6, 6.07) is 8.64. The Bertz CT molecular complexity index is 530. The first-order valence-electron chi connectivity index (χ1n) is 7.72. The number of benzene rings is 1. The van der Waals surface area contributed by atoms with Gasteiger partial charge in [-0.15, -0.1) is 0 Å². The van der Waals surface area contributed by atoms with Gasteiger partial charge in [0, 0.05) is 6.54 Å². The van der Waals surface area contributed by atoms with E-state index in [0.717, 1.165) is 25.7 Å². The predicted octanol–water partition coefficient (Wildman–Crippen LogP) is 1.99. The highest BCUT2D eigenvalue weighted by atomic mass is 16.5. The van der Waals surface area contributed by atoms with Gasteiger partial charge in [0.15, 0.2) is 6.10 Å². The van der Waals surface area contributed by atoms with Gasteiger partial charge < -0.3 is 15.2 Å². The Hall–Kier alpha value is -2.06. The van der Waals surface area contributed by atoms with Gasteiger partial charge in [-0.3, -0.25) is 4.79 Å². The van der Waals surface area contributed by atoms with Crippen LogP contribution in [0, 0.1) is 17.2 Å². The van der Waals surface area contributed by atoms with Crippen molar-refractivity contribution >= 4 is 5.91 Å². The summed E-state index contributed by atoms with van der Waals surface area (Å²) >= 11 is 0. The Morgan fingerprint density at radius 2 is 2.05 bits per heavy atom. The maximum absolute atomic E-state index is 12.0. The number of aliphatic hydroxyl groups is 1. The zero-order chi connectivity index (χ0) is 15.9. The van der Waals surface area contributed by atoms with Crippen LogP contribution in [0.2, 0.25) is 0 Å². The van der Waals surface area contributed by atoms with Gasteiger partial charge in [0.2, 0.25) is 0 Å².